The van der Waals surface area contributed by atoms with Crippen LogP contribution in [0.25, 0.3) is 0 Å². The number of amides is 1. The van der Waals surface area contributed by atoms with E-state index in [1.165, 1.54) is 25.7 Å². The smallest absolute Gasteiger partial charge is 0.242 e. The van der Waals surface area contributed by atoms with E-state index >= 15 is 0 Å². The minimum atomic E-state index is -0.243. The standard InChI is InChI=1S/C14H26N2O.ClH/c1-3-14(9-6-10-15-14)13(17)16(2)11-12-7-4-5-8-12;/h12,15H,3-11H2,1-2H3;1H. The topological polar surface area (TPSA) is 32.3 Å². The van der Waals surface area contributed by atoms with Gasteiger partial charge >= 0.3 is 0 Å². The van der Waals surface area contributed by atoms with Crippen molar-refractivity contribution in [3.8, 4) is 0 Å². The first-order valence-corrected chi connectivity index (χ1v) is 7.18. The van der Waals surface area contributed by atoms with Gasteiger partial charge in [-0.15, -0.1) is 12.4 Å². The molecule has 1 saturated carbocycles. The summed E-state index contributed by atoms with van der Waals surface area (Å²) < 4.78 is 0. The number of halogens is 1. The molecular formula is C14H27ClN2O. The Morgan fingerprint density at radius 1 is 1.33 bits per heavy atom. The molecule has 1 aliphatic heterocycles. The highest BCUT2D eigenvalue weighted by atomic mass is 35.5. The van der Waals surface area contributed by atoms with Crippen molar-refractivity contribution in [3.05, 3.63) is 0 Å². The van der Waals surface area contributed by atoms with Gasteiger partial charge < -0.3 is 10.2 Å². The van der Waals surface area contributed by atoms with Crippen molar-refractivity contribution in [2.45, 2.75) is 57.4 Å². The van der Waals surface area contributed by atoms with Gasteiger partial charge in [-0.25, -0.2) is 0 Å². The second-order valence-electron chi connectivity index (χ2n) is 5.80. The second kappa shape index (κ2) is 6.76. The van der Waals surface area contributed by atoms with Crippen LogP contribution in [-0.2, 0) is 4.79 Å². The largest absolute Gasteiger partial charge is 0.344 e. The molecule has 2 fully saturated rings. The van der Waals surface area contributed by atoms with Crippen LogP contribution in [0, 0.1) is 5.92 Å². The molecule has 2 aliphatic rings. The number of likely N-dealkylation sites (N-methyl/N-ethyl adjacent to an activating group) is 1. The summed E-state index contributed by atoms with van der Waals surface area (Å²) in [6.07, 6.45) is 8.39. The lowest BCUT2D eigenvalue weighted by Crippen LogP contribution is -2.54. The Morgan fingerprint density at radius 3 is 2.50 bits per heavy atom. The fraction of sp³-hybridized carbons (Fsp3) is 0.929. The molecule has 1 atom stereocenters. The maximum absolute atomic E-state index is 12.5. The average Bonchev–Trinajstić information content (AvgIpc) is 2.99. The third-order valence-corrected chi connectivity index (χ3v) is 4.61. The van der Waals surface area contributed by atoms with Gasteiger partial charge in [-0.05, 0) is 44.6 Å². The van der Waals surface area contributed by atoms with E-state index in [2.05, 4.69) is 12.2 Å². The first-order valence-electron chi connectivity index (χ1n) is 7.18. The molecule has 106 valence electrons. The summed E-state index contributed by atoms with van der Waals surface area (Å²) in [6.45, 7) is 4.08. The van der Waals surface area contributed by atoms with Crippen molar-refractivity contribution >= 4 is 18.3 Å². The molecule has 0 aromatic rings. The summed E-state index contributed by atoms with van der Waals surface area (Å²) in [5.74, 6) is 1.07. The number of hydrogen-bond acceptors (Lipinski definition) is 2. The van der Waals surface area contributed by atoms with E-state index in [1.54, 1.807) is 0 Å². The molecule has 1 saturated heterocycles. The number of nitrogens with one attached hydrogen (secondary N) is 1. The summed E-state index contributed by atoms with van der Waals surface area (Å²) in [5.41, 5.74) is -0.243. The Kier molecular flexibility index (Phi) is 5.93. The van der Waals surface area contributed by atoms with Gasteiger partial charge in [0.05, 0.1) is 5.54 Å². The molecule has 1 unspecified atom stereocenters. The number of nitrogens with zero attached hydrogens (tertiary/aromatic N) is 1. The van der Waals surface area contributed by atoms with E-state index in [4.69, 9.17) is 0 Å². The SMILES string of the molecule is CCC1(C(=O)N(C)CC2CCCC2)CCCN1.Cl. The lowest BCUT2D eigenvalue weighted by Gasteiger charge is -2.33. The average molecular weight is 275 g/mol. The van der Waals surface area contributed by atoms with Crippen molar-refractivity contribution in [2.24, 2.45) is 5.92 Å². The highest BCUT2D eigenvalue weighted by molar-refractivity contribution is 5.86. The molecule has 4 heteroatoms. The predicted molar refractivity (Wildman–Crippen MR) is 77.1 cm³/mol. The number of rotatable bonds is 4. The Morgan fingerprint density at radius 2 is 2.00 bits per heavy atom. The Bertz CT molecular complexity index is 271. The van der Waals surface area contributed by atoms with E-state index < -0.39 is 0 Å². The van der Waals surface area contributed by atoms with Crippen LogP contribution >= 0.6 is 12.4 Å². The molecule has 0 aromatic heterocycles. The van der Waals surface area contributed by atoms with Gasteiger partial charge in [-0.1, -0.05) is 19.8 Å². The lowest BCUT2D eigenvalue weighted by atomic mass is 9.92. The first kappa shape index (κ1) is 15.8. The molecular weight excluding hydrogens is 248 g/mol. The van der Waals surface area contributed by atoms with Gasteiger partial charge in [-0.2, -0.15) is 0 Å². The van der Waals surface area contributed by atoms with E-state index in [0.29, 0.717) is 5.91 Å². The number of carbonyl (C=O) groups excluding carboxylic acids is 1. The zero-order valence-electron chi connectivity index (χ0n) is 11.7. The molecule has 0 aromatic carbocycles. The van der Waals surface area contributed by atoms with Crippen LogP contribution in [0.15, 0.2) is 0 Å². The summed E-state index contributed by atoms with van der Waals surface area (Å²) in [6, 6.07) is 0. The van der Waals surface area contributed by atoms with Gasteiger partial charge in [0.15, 0.2) is 0 Å². The highest BCUT2D eigenvalue weighted by Gasteiger charge is 2.41. The fourth-order valence-corrected chi connectivity index (χ4v) is 3.47. The van der Waals surface area contributed by atoms with Crippen molar-refractivity contribution in [3.63, 3.8) is 0 Å². The summed E-state index contributed by atoms with van der Waals surface area (Å²) >= 11 is 0. The van der Waals surface area contributed by atoms with Crippen molar-refractivity contribution < 1.29 is 4.79 Å². The minimum absolute atomic E-state index is 0. The zero-order chi connectivity index (χ0) is 12.3. The monoisotopic (exact) mass is 274 g/mol. The molecule has 0 spiro atoms. The molecule has 1 amide bonds. The van der Waals surface area contributed by atoms with Crippen LogP contribution in [0.2, 0.25) is 0 Å². The van der Waals surface area contributed by atoms with E-state index in [9.17, 15) is 4.79 Å². The summed E-state index contributed by atoms with van der Waals surface area (Å²) in [5, 5.41) is 3.43. The summed E-state index contributed by atoms with van der Waals surface area (Å²) in [4.78, 5) is 14.5. The molecule has 1 aliphatic carbocycles. The third-order valence-electron chi connectivity index (χ3n) is 4.61. The molecule has 1 N–H and O–H groups in total. The number of carbonyl (C=O) groups is 1. The molecule has 3 nitrogen and oxygen atoms in total. The van der Waals surface area contributed by atoms with Crippen LogP contribution in [0.4, 0.5) is 0 Å². The van der Waals surface area contributed by atoms with Crippen LogP contribution in [0.3, 0.4) is 0 Å². The summed E-state index contributed by atoms with van der Waals surface area (Å²) in [7, 11) is 1.98. The molecule has 0 radical (unpaired) electrons. The van der Waals surface area contributed by atoms with Gasteiger partial charge in [-0.3, -0.25) is 4.79 Å². The van der Waals surface area contributed by atoms with E-state index in [0.717, 1.165) is 38.3 Å². The second-order valence-corrected chi connectivity index (χ2v) is 5.80. The highest BCUT2D eigenvalue weighted by Crippen LogP contribution is 2.28. The maximum atomic E-state index is 12.5. The Hall–Kier alpha value is -0.280. The van der Waals surface area contributed by atoms with Gasteiger partial charge in [0, 0.05) is 13.6 Å². The van der Waals surface area contributed by atoms with Crippen LogP contribution in [0.5, 0.6) is 0 Å². The van der Waals surface area contributed by atoms with Crippen molar-refractivity contribution in [1.82, 2.24) is 10.2 Å². The molecule has 0 bridgehead atoms. The third kappa shape index (κ3) is 3.18. The quantitative estimate of drug-likeness (QED) is 0.855. The first-order chi connectivity index (χ1) is 8.18. The van der Waals surface area contributed by atoms with E-state index in [1.807, 2.05) is 11.9 Å². The van der Waals surface area contributed by atoms with Crippen LogP contribution in [-0.4, -0.2) is 36.5 Å². The Balaban J connectivity index is 0.00000162. The van der Waals surface area contributed by atoms with Crippen LogP contribution < -0.4 is 5.32 Å². The van der Waals surface area contributed by atoms with Gasteiger partial charge in [0.1, 0.15) is 0 Å². The number of hydrogen-bond donors (Lipinski definition) is 1. The molecule has 18 heavy (non-hydrogen) atoms. The normalized spacial score (nSPS) is 28.1. The van der Waals surface area contributed by atoms with E-state index in [-0.39, 0.29) is 17.9 Å². The molecule has 1 heterocycles. The lowest BCUT2D eigenvalue weighted by molar-refractivity contribution is -0.137. The van der Waals surface area contributed by atoms with Gasteiger partial charge in [0.25, 0.3) is 0 Å². The Labute approximate surface area is 117 Å². The van der Waals surface area contributed by atoms with Crippen molar-refractivity contribution in [2.75, 3.05) is 20.1 Å². The predicted octanol–water partition coefficient (Wildman–Crippen LogP) is 2.59. The minimum Gasteiger partial charge on any atom is -0.344 e. The zero-order valence-corrected chi connectivity index (χ0v) is 12.5. The fourth-order valence-electron chi connectivity index (χ4n) is 3.47. The van der Waals surface area contributed by atoms with Gasteiger partial charge in [0.2, 0.25) is 5.91 Å². The maximum Gasteiger partial charge on any atom is 0.242 e. The van der Waals surface area contributed by atoms with Crippen LogP contribution in [0.1, 0.15) is 51.9 Å². The van der Waals surface area contributed by atoms with Crippen molar-refractivity contribution in [1.29, 1.82) is 0 Å². The molecule has 2 rings (SSSR count).